The van der Waals surface area contributed by atoms with Crippen molar-refractivity contribution in [3.63, 3.8) is 0 Å². The van der Waals surface area contributed by atoms with Crippen LogP contribution in [0.4, 0.5) is 4.79 Å². The average molecular weight is 372 g/mol. The van der Waals surface area contributed by atoms with Gasteiger partial charge in [-0.25, -0.2) is 9.78 Å². The molecule has 1 aromatic carbocycles. The number of likely N-dealkylation sites (tertiary alicyclic amines) is 1. The lowest BCUT2D eigenvalue weighted by Gasteiger charge is -2.36. The lowest BCUT2D eigenvalue weighted by molar-refractivity contribution is 0.0354. The second-order valence-electron chi connectivity index (χ2n) is 6.76. The van der Waals surface area contributed by atoms with Crippen LogP contribution in [0.5, 0.6) is 11.8 Å². The van der Waals surface area contributed by atoms with E-state index in [1.165, 1.54) is 0 Å². The summed E-state index contributed by atoms with van der Waals surface area (Å²) >= 11 is 0. The molecule has 27 heavy (non-hydrogen) atoms. The predicted octanol–water partition coefficient (Wildman–Crippen LogP) is 1.93. The number of hydrogen-bond acceptors (Lipinski definition) is 6. The zero-order valence-electron chi connectivity index (χ0n) is 15.5. The molecule has 0 aliphatic carbocycles. The molecule has 0 spiro atoms. The summed E-state index contributed by atoms with van der Waals surface area (Å²) in [6, 6.07) is 6.15. The van der Waals surface area contributed by atoms with Crippen LogP contribution in [0.3, 0.4) is 0 Å². The number of hydrogen-bond donors (Lipinski definition) is 0. The molecule has 2 saturated heterocycles. The molecule has 2 fully saturated rings. The van der Waals surface area contributed by atoms with Crippen molar-refractivity contribution in [1.29, 1.82) is 0 Å². The van der Waals surface area contributed by atoms with Crippen LogP contribution in [-0.4, -0.2) is 78.4 Å². The monoisotopic (exact) mass is 372 g/mol. The van der Waals surface area contributed by atoms with Gasteiger partial charge in [0, 0.05) is 56.7 Å². The van der Waals surface area contributed by atoms with Crippen LogP contribution >= 0.6 is 0 Å². The molecule has 0 unspecified atom stereocenters. The Morgan fingerprint density at radius 3 is 2.63 bits per heavy atom. The number of methoxy groups -OCH3 is 1. The Morgan fingerprint density at radius 2 is 1.89 bits per heavy atom. The first kappa shape index (κ1) is 17.8. The van der Waals surface area contributed by atoms with Crippen LogP contribution in [0.25, 0.3) is 10.9 Å². The molecule has 144 valence electrons. The highest BCUT2D eigenvalue weighted by atomic mass is 16.5. The molecule has 0 bridgehead atoms. The molecule has 2 amide bonds. The standard InChI is InChI=1S/C19H24N4O4/c1-25-16-3-2-14-13-20-18(21-17(14)12-16)27-15-4-6-22(7-5-15)19(24)23-8-10-26-11-9-23/h2-3,12-13,15H,4-11H2,1H3. The molecular weight excluding hydrogens is 348 g/mol. The fraction of sp³-hybridized carbons (Fsp3) is 0.526. The van der Waals surface area contributed by atoms with Gasteiger partial charge in [0.25, 0.3) is 0 Å². The van der Waals surface area contributed by atoms with E-state index in [0.717, 1.165) is 29.5 Å². The number of rotatable bonds is 3. The number of carbonyl (C=O) groups excluding carboxylic acids is 1. The Morgan fingerprint density at radius 1 is 1.15 bits per heavy atom. The van der Waals surface area contributed by atoms with Gasteiger partial charge < -0.3 is 24.0 Å². The van der Waals surface area contributed by atoms with Gasteiger partial charge in [0.15, 0.2) is 0 Å². The van der Waals surface area contributed by atoms with Gasteiger partial charge in [-0.2, -0.15) is 4.98 Å². The Bertz CT molecular complexity index is 801. The van der Waals surface area contributed by atoms with Crippen molar-refractivity contribution in [2.45, 2.75) is 18.9 Å². The van der Waals surface area contributed by atoms with Crippen molar-refractivity contribution in [3.8, 4) is 11.8 Å². The molecule has 0 radical (unpaired) electrons. The van der Waals surface area contributed by atoms with Crippen LogP contribution in [0.15, 0.2) is 24.4 Å². The Kier molecular flexibility index (Phi) is 5.24. The first-order valence-electron chi connectivity index (χ1n) is 9.32. The van der Waals surface area contributed by atoms with Crippen LogP contribution in [0, 0.1) is 0 Å². The predicted molar refractivity (Wildman–Crippen MR) is 99.1 cm³/mol. The molecule has 3 heterocycles. The molecule has 4 rings (SSSR count). The minimum absolute atomic E-state index is 0.0156. The van der Waals surface area contributed by atoms with Crippen molar-refractivity contribution in [1.82, 2.24) is 19.8 Å². The third kappa shape index (κ3) is 4.05. The molecule has 2 aromatic rings. The van der Waals surface area contributed by atoms with E-state index in [-0.39, 0.29) is 12.1 Å². The number of aromatic nitrogens is 2. The van der Waals surface area contributed by atoms with Crippen LogP contribution in [0.1, 0.15) is 12.8 Å². The van der Waals surface area contributed by atoms with Crippen molar-refractivity contribution in [2.75, 3.05) is 46.5 Å². The first-order valence-corrected chi connectivity index (χ1v) is 9.32. The summed E-state index contributed by atoms with van der Waals surface area (Å²) in [7, 11) is 1.63. The maximum Gasteiger partial charge on any atom is 0.320 e. The number of amides is 2. The lowest BCUT2D eigenvalue weighted by Crippen LogP contribution is -2.51. The Labute approximate surface area is 158 Å². The minimum Gasteiger partial charge on any atom is -0.497 e. The first-order chi connectivity index (χ1) is 13.2. The number of fused-ring (bicyclic) bond motifs is 1. The van der Waals surface area contributed by atoms with Gasteiger partial charge in [0.2, 0.25) is 0 Å². The van der Waals surface area contributed by atoms with E-state index >= 15 is 0 Å². The normalized spacial score (nSPS) is 18.6. The third-order valence-corrected chi connectivity index (χ3v) is 5.03. The third-order valence-electron chi connectivity index (χ3n) is 5.03. The van der Waals surface area contributed by atoms with E-state index < -0.39 is 0 Å². The zero-order chi connectivity index (χ0) is 18.6. The van der Waals surface area contributed by atoms with Crippen molar-refractivity contribution < 1.29 is 19.0 Å². The Hall–Kier alpha value is -2.61. The largest absolute Gasteiger partial charge is 0.497 e. The zero-order valence-corrected chi connectivity index (χ0v) is 15.5. The number of piperidine rings is 1. The van der Waals surface area contributed by atoms with Crippen LogP contribution < -0.4 is 9.47 Å². The molecule has 2 aliphatic rings. The van der Waals surface area contributed by atoms with Gasteiger partial charge in [-0.1, -0.05) is 0 Å². The van der Waals surface area contributed by atoms with E-state index in [9.17, 15) is 4.79 Å². The van der Waals surface area contributed by atoms with Gasteiger partial charge in [0.05, 0.1) is 25.8 Å². The molecule has 2 aliphatic heterocycles. The summed E-state index contributed by atoms with van der Waals surface area (Å²) in [6.07, 6.45) is 3.32. The summed E-state index contributed by atoms with van der Waals surface area (Å²) < 4.78 is 16.5. The highest BCUT2D eigenvalue weighted by Crippen LogP contribution is 2.22. The quantitative estimate of drug-likeness (QED) is 0.819. The smallest absolute Gasteiger partial charge is 0.320 e. The van der Waals surface area contributed by atoms with E-state index in [1.807, 2.05) is 28.0 Å². The van der Waals surface area contributed by atoms with Gasteiger partial charge >= 0.3 is 12.0 Å². The molecule has 8 nitrogen and oxygen atoms in total. The maximum atomic E-state index is 12.5. The molecule has 0 saturated carbocycles. The van der Waals surface area contributed by atoms with Crippen LogP contribution in [0.2, 0.25) is 0 Å². The molecular formula is C19H24N4O4. The van der Waals surface area contributed by atoms with E-state index in [0.29, 0.717) is 45.4 Å². The van der Waals surface area contributed by atoms with Gasteiger partial charge in [-0.3, -0.25) is 0 Å². The summed E-state index contributed by atoms with van der Waals surface area (Å²) in [5, 5.41) is 0.939. The van der Waals surface area contributed by atoms with Crippen LogP contribution in [-0.2, 0) is 4.74 Å². The SMILES string of the molecule is COc1ccc2cnc(OC3CCN(C(=O)N4CCOCC4)CC3)nc2c1. The summed E-state index contributed by atoms with van der Waals surface area (Å²) in [5.41, 5.74) is 0.791. The lowest BCUT2D eigenvalue weighted by atomic mass is 10.1. The highest BCUT2D eigenvalue weighted by molar-refractivity contribution is 5.79. The number of morpholine rings is 1. The average Bonchev–Trinajstić information content (AvgIpc) is 2.74. The van der Waals surface area contributed by atoms with Crippen molar-refractivity contribution in [3.05, 3.63) is 24.4 Å². The number of nitrogens with zero attached hydrogens (tertiary/aromatic N) is 4. The minimum atomic E-state index is 0.0156. The molecule has 0 atom stereocenters. The number of benzene rings is 1. The maximum absolute atomic E-state index is 12.5. The molecule has 1 aromatic heterocycles. The fourth-order valence-electron chi connectivity index (χ4n) is 3.44. The second-order valence-corrected chi connectivity index (χ2v) is 6.76. The van der Waals surface area contributed by atoms with Gasteiger partial charge in [-0.05, 0) is 12.1 Å². The van der Waals surface area contributed by atoms with E-state index in [2.05, 4.69) is 9.97 Å². The topological polar surface area (TPSA) is 77.0 Å². The van der Waals surface area contributed by atoms with Gasteiger partial charge in [0.1, 0.15) is 11.9 Å². The Balaban J connectivity index is 1.34. The number of carbonyl (C=O) groups is 1. The van der Waals surface area contributed by atoms with Crippen molar-refractivity contribution in [2.24, 2.45) is 0 Å². The molecule has 8 heteroatoms. The van der Waals surface area contributed by atoms with Crippen molar-refractivity contribution >= 4 is 16.9 Å². The fourth-order valence-corrected chi connectivity index (χ4v) is 3.44. The van der Waals surface area contributed by atoms with Gasteiger partial charge in [-0.15, -0.1) is 0 Å². The number of ether oxygens (including phenoxy) is 3. The van der Waals surface area contributed by atoms with E-state index in [4.69, 9.17) is 14.2 Å². The van der Waals surface area contributed by atoms with E-state index in [1.54, 1.807) is 13.3 Å². The summed E-state index contributed by atoms with van der Waals surface area (Å²) in [4.78, 5) is 25.1. The molecule has 0 N–H and O–H groups in total. The summed E-state index contributed by atoms with van der Waals surface area (Å²) in [5.74, 6) is 0.752. The highest BCUT2D eigenvalue weighted by Gasteiger charge is 2.28. The number of urea groups is 1. The second kappa shape index (κ2) is 7.96. The summed E-state index contributed by atoms with van der Waals surface area (Å²) in [6.45, 7) is 3.95.